The minimum atomic E-state index is 0. The second kappa shape index (κ2) is 15.7. The van der Waals surface area contributed by atoms with E-state index in [1.54, 1.807) is 38.1 Å². The Bertz CT molecular complexity index is 1780. The van der Waals surface area contributed by atoms with Crippen molar-refractivity contribution in [1.29, 1.82) is 0 Å². The molecule has 0 radical (unpaired) electrons. The van der Waals surface area contributed by atoms with Crippen LogP contribution in [0.25, 0.3) is 43.6 Å². The van der Waals surface area contributed by atoms with Crippen LogP contribution in [0.2, 0.25) is 0 Å². The molecule has 8 aromatic rings. The van der Waals surface area contributed by atoms with E-state index in [0.29, 0.717) is 0 Å². The standard InChI is InChI=1S/2C13H9N.2C7H8O2.H2O/c2*1-3-7-12-10(5-1)9-11-6-2-4-8-13(11)14-12;2*1-5-2-6(8)4-7(9)3-5;/h2*1-9H;2*2-4,8-9H,1H3;1H2. The average Bonchev–Trinajstić information content (AvgIpc) is 3.02. The van der Waals surface area contributed by atoms with Gasteiger partial charge in [-0.3, -0.25) is 0 Å². The molecule has 8 rings (SSSR count). The molecule has 0 amide bonds. The SMILES string of the molecule is Cc1cc(O)cc(O)c1.Cc1cc(O)cc(O)c1.O.c1ccc2nc3ccccc3cc2c1.c1ccc2nc3ccccc3cc2c1. The van der Waals surface area contributed by atoms with Crippen LogP contribution < -0.4 is 0 Å². The van der Waals surface area contributed by atoms with Gasteiger partial charge in [-0.2, -0.15) is 0 Å². The van der Waals surface area contributed by atoms with Gasteiger partial charge in [0.25, 0.3) is 0 Å². The van der Waals surface area contributed by atoms with E-state index in [0.717, 1.165) is 33.2 Å². The normalized spacial score (nSPS) is 10.1. The van der Waals surface area contributed by atoms with Gasteiger partial charge in [-0.15, -0.1) is 0 Å². The number of hydrogen-bond donors (Lipinski definition) is 4. The Kier molecular flexibility index (Phi) is 11.3. The molecule has 2 heterocycles. The van der Waals surface area contributed by atoms with Gasteiger partial charge in [0.05, 0.1) is 22.1 Å². The van der Waals surface area contributed by atoms with Crippen LogP contribution in [0.3, 0.4) is 0 Å². The summed E-state index contributed by atoms with van der Waals surface area (Å²) in [5, 5.41) is 40.1. The summed E-state index contributed by atoms with van der Waals surface area (Å²) in [6, 6.07) is 46.1. The number of aromatic hydroxyl groups is 4. The third-order valence-corrected chi connectivity index (χ3v) is 6.94. The number of nitrogens with zero attached hydrogens (tertiary/aromatic N) is 2. The van der Waals surface area contributed by atoms with Gasteiger partial charge in [0.1, 0.15) is 23.0 Å². The average molecular weight is 625 g/mol. The molecular formula is C40H36N2O5. The van der Waals surface area contributed by atoms with Gasteiger partial charge in [0, 0.05) is 33.7 Å². The first kappa shape index (κ1) is 33.7. The van der Waals surface area contributed by atoms with E-state index in [9.17, 15) is 0 Å². The number of hydrogen-bond acceptors (Lipinski definition) is 6. The van der Waals surface area contributed by atoms with Crippen LogP contribution in [0, 0.1) is 13.8 Å². The zero-order valence-electron chi connectivity index (χ0n) is 26.0. The van der Waals surface area contributed by atoms with E-state index in [1.165, 1.54) is 33.7 Å². The molecular weight excluding hydrogens is 588 g/mol. The van der Waals surface area contributed by atoms with Crippen LogP contribution in [0.5, 0.6) is 23.0 Å². The van der Waals surface area contributed by atoms with Gasteiger partial charge in [-0.05, 0) is 85.6 Å². The Morgan fingerprint density at radius 1 is 0.340 bits per heavy atom. The molecule has 7 heteroatoms. The van der Waals surface area contributed by atoms with Gasteiger partial charge in [0.2, 0.25) is 0 Å². The Morgan fingerprint density at radius 2 is 0.574 bits per heavy atom. The summed E-state index contributed by atoms with van der Waals surface area (Å²) < 4.78 is 0. The number of phenols is 4. The summed E-state index contributed by atoms with van der Waals surface area (Å²) in [5.41, 5.74) is 5.95. The molecule has 0 fully saturated rings. The van der Waals surface area contributed by atoms with Crippen molar-refractivity contribution in [2.75, 3.05) is 0 Å². The first-order valence-corrected chi connectivity index (χ1v) is 14.7. The van der Waals surface area contributed by atoms with E-state index >= 15 is 0 Å². The van der Waals surface area contributed by atoms with Crippen molar-refractivity contribution in [3.8, 4) is 23.0 Å². The van der Waals surface area contributed by atoms with Gasteiger partial charge in [-0.25, -0.2) is 9.97 Å². The number of rotatable bonds is 0. The van der Waals surface area contributed by atoms with Crippen LogP contribution in [-0.4, -0.2) is 35.9 Å². The molecule has 0 spiro atoms. The first-order valence-electron chi connectivity index (χ1n) is 14.7. The molecule has 0 unspecified atom stereocenters. The molecule has 0 saturated heterocycles. The zero-order chi connectivity index (χ0) is 32.5. The highest BCUT2D eigenvalue weighted by Crippen LogP contribution is 2.21. The monoisotopic (exact) mass is 624 g/mol. The summed E-state index contributed by atoms with van der Waals surface area (Å²) in [5.74, 6) is 0.417. The number of fused-ring (bicyclic) bond motifs is 4. The maximum atomic E-state index is 8.83. The Balaban J connectivity index is 0.000000144. The number of aromatic nitrogens is 2. The predicted octanol–water partition coefficient (Wildman–Crippen LogP) is 8.76. The second-order valence-electron chi connectivity index (χ2n) is 10.8. The van der Waals surface area contributed by atoms with Crippen molar-refractivity contribution in [3.63, 3.8) is 0 Å². The predicted molar refractivity (Wildman–Crippen MR) is 191 cm³/mol. The number of para-hydroxylation sites is 4. The quantitative estimate of drug-likeness (QED) is 0.124. The molecule has 0 aliphatic heterocycles. The number of aryl methyl sites for hydroxylation is 2. The topological polar surface area (TPSA) is 138 Å². The molecule has 0 atom stereocenters. The van der Waals surface area contributed by atoms with E-state index in [-0.39, 0.29) is 28.5 Å². The van der Waals surface area contributed by atoms with E-state index < -0.39 is 0 Å². The fraction of sp³-hybridized carbons (Fsp3) is 0.0500. The Morgan fingerprint density at radius 3 is 0.809 bits per heavy atom. The lowest BCUT2D eigenvalue weighted by atomic mass is 10.1. The van der Waals surface area contributed by atoms with Crippen molar-refractivity contribution in [2.45, 2.75) is 13.8 Å². The Hall–Kier alpha value is -6.18. The van der Waals surface area contributed by atoms with Crippen LogP contribution >= 0.6 is 0 Å². The molecule has 2 aromatic heterocycles. The molecule has 0 aliphatic carbocycles. The van der Waals surface area contributed by atoms with Crippen LogP contribution in [0.1, 0.15) is 11.1 Å². The van der Waals surface area contributed by atoms with E-state index in [2.05, 4.69) is 46.4 Å². The number of pyridine rings is 2. The number of benzene rings is 6. The smallest absolute Gasteiger partial charge is 0.119 e. The van der Waals surface area contributed by atoms with Gasteiger partial charge >= 0.3 is 0 Å². The summed E-state index contributed by atoms with van der Waals surface area (Å²) in [7, 11) is 0. The van der Waals surface area contributed by atoms with Crippen LogP contribution in [0.4, 0.5) is 0 Å². The maximum Gasteiger partial charge on any atom is 0.119 e. The lowest BCUT2D eigenvalue weighted by Crippen LogP contribution is -1.80. The van der Waals surface area contributed by atoms with Crippen molar-refractivity contribution >= 4 is 43.6 Å². The van der Waals surface area contributed by atoms with Crippen molar-refractivity contribution in [1.82, 2.24) is 9.97 Å². The second-order valence-corrected chi connectivity index (χ2v) is 10.8. The lowest BCUT2D eigenvalue weighted by molar-refractivity contribution is 0.448. The molecule has 47 heavy (non-hydrogen) atoms. The highest BCUT2D eigenvalue weighted by atomic mass is 16.3. The number of phenolic OH excluding ortho intramolecular Hbond substituents is 4. The lowest BCUT2D eigenvalue weighted by Gasteiger charge is -1.99. The minimum absolute atomic E-state index is 0. The van der Waals surface area contributed by atoms with Crippen LogP contribution in [0.15, 0.2) is 146 Å². The van der Waals surface area contributed by atoms with Gasteiger partial charge in [0.15, 0.2) is 0 Å². The fourth-order valence-electron chi connectivity index (χ4n) is 4.93. The highest BCUT2D eigenvalue weighted by Gasteiger charge is 1.98. The maximum absolute atomic E-state index is 8.83. The fourth-order valence-corrected chi connectivity index (χ4v) is 4.93. The minimum Gasteiger partial charge on any atom is -0.508 e. The van der Waals surface area contributed by atoms with Crippen molar-refractivity contribution < 1.29 is 25.9 Å². The molecule has 6 N–H and O–H groups in total. The van der Waals surface area contributed by atoms with E-state index in [1.807, 2.05) is 72.8 Å². The highest BCUT2D eigenvalue weighted by molar-refractivity contribution is 5.93. The van der Waals surface area contributed by atoms with Crippen molar-refractivity contribution in [2.24, 2.45) is 0 Å². The summed E-state index contributed by atoms with van der Waals surface area (Å²) in [6.07, 6.45) is 0. The first-order chi connectivity index (χ1) is 22.2. The Labute approximate surface area is 272 Å². The summed E-state index contributed by atoms with van der Waals surface area (Å²) in [6.45, 7) is 3.61. The third kappa shape index (κ3) is 9.41. The van der Waals surface area contributed by atoms with Crippen LogP contribution in [-0.2, 0) is 0 Å². The summed E-state index contributed by atoms with van der Waals surface area (Å²) in [4.78, 5) is 9.16. The van der Waals surface area contributed by atoms with Gasteiger partial charge < -0.3 is 25.9 Å². The van der Waals surface area contributed by atoms with Gasteiger partial charge in [-0.1, -0.05) is 72.8 Å². The summed E-state index contributed by atoms with van der Waals surface area (Å²) >= 11 is 0. The zero-order valence-corrected chi connectivity index (χ0v) is 26.0. The van der Waals surface area contributed by atoms with Crippen molar-refractivity contribution in [3.05, 3.63) is 157 Å². The molecule has 236 valence electrons. The molecule has 7 nitrogen and oxygen atoms in total. The van der Waals surface area contributed by atoms with E-state index in [4.69, 9.17) is 20.4 Å². The molecule has 0 aliphatic rings. The molecule has 6 aromatic carbocycles. The third-order valence-electron chi connectivity index (χ3n) is 6.94. The molecule has 0 saturated carbocycles. The molecule has 0 bridgehead atoms. The largest absolute Gasteiger partial charge is 0.508 e.